The number of aromatic nitrogens is 3. The third-order valence-corrected chi connectivity index (χ3v) is 10.1. The molecule has 8 rings (SSSR count). The van der Waals surface area contributed by atoms with E-state index >= 15 is 4.39 Å². The normalized spacial score (nSPS) is 28.7. The lowest BCUT2D eigenvalue weighted by Crippen LogP contribution is -2.43. The van der Waals surface area contributed by atoms with Crippen molar-refractivity contribution in [3.05, 3.63) is 47.2 Å². The second-order valence-electron chi connectivity index (χ2n) is 12.8. The molecule has 0 spiro atoms. The number of nitrogens with zero attached hydrogens (tertiary/aromatic N) is 5. The maximum absolute atomic E-state index is 15.1. The molecule has 1 aliphatic carbocycles. The zero-order valence-electron chi connectivity index (χ0n) is 27.3. The lowest BCUT2D eigenvalue weighted by molar-refractivity contribution is 0.107. The Balaban J connectivity index is 1.32. The molecule has 4 aliphatic rings. The number of ether oxygens (including phenoxy) is 2. The Labute approximate surface area is 263 Å². The Kier molecular flexibility index (Phi) is 6.11. The number of pyridine rings is 1. The Morgan fingerprint density at radius 2 is 2.11 bits per heavy atom. The van der Waals surface area contributed by atoms with Gasteiger partial charge in [-0.1, -0.05) is 18.1 Å². The lowest BCUT2D eigenvalue weighted by Gasteiger charge is -2.31. The van der Waals surface area contributed by atoms with Crippen LogP contribution in [0.3, 0.4) is 0 Å². The Morgan fingerprint density at radius 1 is 1.24 bits per heavy atom. The first-order valence-electron chi connectivity index (χ1n) is 16.6. The first-order chi connectivity index (χ1) is 22.5. The monoisotopic (exact) mass is 612 g/mol. The van der Waals surface area contributed by atoms with Gasteiger partial charge in [-0.2, -0.15) is 9.97 Å². The largest absolute Gasteiger partial charge is 0.461 e. The molecule has 45 heavy (non-hydrogen) atoms. The number of halogens is 2. The molecule has 10 heteroatoms. The number of hydrogen-bond donors (Lipinski definition) is 1. The van der Waals surface area contributed by atoms with Gasteiger partial charge in [-0.15, -0.1) is 6.42 Å². The second kappa shape index (κ2) is 10.5. The van der Waals surface area contributed by atoms with Crippen LogP contribution in [0, 0.1) is 32.1 Å². The number of anilines is 2. The highest BCUT2D eigenvalue weighted by Crippen LogP contribution is 2.46. The van der Waals surface area contributed by atoms with Crippen molar-refractivity contribution >= 4 is 33.2 Å². The van der Waals surface area contributed by atoms with Gasteiger partial charge in [0.2, 0.25) is 0 Å². The van der Waals surface area contributed by atoms with Crippen LogP contribution >= 0.6 is 0 Å². The van der Waals surface area contributed by atoms with Crippen LogP contribution in [0.4, 0.5) is 20.3 Å². The molecular formula is C35H36F2N6O2. The summed E-state index contributed by atoms with van der Waals surface area (Å²) >= 11 is 0. The summed E-state index contributed by atoms with van der Waals surface area (Å²) in [4.78, 5) is 18.2. The molecule has 1 saturated carbocycles. The Hall–Kier alpha value is -4.07. The molecule has 5 atom stereocenters. The van der Waals surface area contributed by atoms with Gasteiger partial charge in [-0.3, -0.25) is 9.88 Å². The predicted octanol–water partition coefficient (Wildman–Crippen LogP) is 5.15. The van der Waals surface area contributed by atoms with Crippen molar-refractivity contribution in [2.75, 3.05) is 50.0 Å². The highest BCUT2D eigenvalue weighted by Gasteiger charge is 2.56. The van der Waals surface area contributed by atoms with Crippen molar-refractivity contribution in [3.63, 3.8) is 0 Å². The number of nitrogens with two attached hydrogens (primary N) is 1. The molecule has 0 amide bonds. The van der Waals surface area contributed by atoms with Gasteiger partial charge in [0.05, 0.1) is 44.1 Å². The first kappa shape index (κ1) is 26.2. The van der Waals surface area contributed by atoms with Crippen molar-refractivity contribution in [2.45, 2.75) is 57.0 Å². The van der Waals surface area contributed by atoms with Crippen molar-refractivity contribution in [2.24, 2.45) is 5.92 Å². The van der Waals surface area contributed by atoms with Crippen LogP contribution in [-0.4, -0.2) is 83.2 Å². The summed E-state index contributed by atoms with van der Waals surface area (Å²) in [7, 11) is 0. The van der Waals surface area contributed by atoms with Gasteiger partial charge in [-0.25, -0.2) is 8.78 Å². The second-order valence-corrected chi connectivity index (χ2v) is 12.8. The van der Waals surface area contributed by atoms with Gasteiger partial charge in [-0.05, 0) is 56.3 Å². The van der Waals surface area contributed by atoms with Gasteiger partial charge in [0, 0.05) is 59.4 Å². The summed E-state index contributed by atoms with van der Waals surface area (Å²) in [5.74, 6) is 2.95. The smallest absolute Gasteiger partial charge is 0.319 e. The van der Waals surface area contributed by atoms with E-state index in [0.717, 1.165) is 33.9 Å². The van der Waals surface area contributed by atoms with Crippen molar-refractivity contribution in [3.8, 4) is 29.6 Å². The van der Waals surface area contributed by atoms with E-state index in [1.807, 2.05) is 47.9 Å². The highest BCUT2D eigenvalue weighted by atomic mass is 19.1. The molecule has 2 aromatic heterocycles. The van der Waals surface area contributed by atoms with Crippen molar-refractivity contribution in [1.29, 1.82) is 0 Å². The molecule has 3 saturated heterocycles. The molecule has 3 aliphatic heterocycles. The minimum atomic E-state index is -2.30. The number of benzene rings is 2. The van der Waals surface area contributed by atoms with E-state index in [9.17, 15) is 4.39 Å². The SMILES string of the molecule is [2H]C([2H])(Oc1nc(N2CCOC[C@H]3[C@H](F)[C@H]32)c2cnc(-c3cc(N)cc4ccc(C)c(C#C)c34)c(C)c2n1)[C@@]12CCCN1C[C@H](F)C2. The van der Waals surface area contributed by atoms with Gasteiger partial charge in [0.15, 0.2) is 0 Å². The minimum absolute atomic E-state index is 0.0315. The van der Waals surface area contributed by atoms with Crippen LogP contribution in [-0.2, 0) is 4.74 Å². The molecule has 0 bridgehead atoms. The van der Waals surface area contributed by atoms with Crippen molar-refractivity contribution in [1.82, 2.24) is 19.9 Å². The third kappa shape index (κ3) is 4.50. The van der Waals surface area contributed by atoms with E-state index in [1.54, 1.807) is 6.20 Å². The fraction of sp³-hybridized carbons (Fsp3) is 0.457. The fourth-order valence-electron chi connectivity index (χ4n) is 7.77. The predicted molar refractivity (Wildman–Crippen MR) is 171 cm³/mol. The molecule has 2 N–H and O–H groups in total. The van der Waals surface area contributed by atoms with E-state index in [2.05, 4.69) is 5.92 Å². The number of hydrogen-bond acceptors (Lipinski definition) is 8. The summed E-state index contributed by atoms with van der Waals surface area (Å²) in [6.07, 6.45) is 6.68. The van der Waals surface area contributed by atoms with Gasteiger partial charge in [0.1, 0.15) is 24.7 Å². The van der Waals surface area contributed by atoms with E-state index in [4.69, 9.17) is 39.3 Å². The fourth-order valence-corrected chi connectivity index (χ4v) is 7.77. The lowest BCUT2D eigenvalue weighted by atomic mass is 9.92. The van der Waals surface area contributed by atoms with E-state index in [-0.39, 0.29) is 24.9 Å². The number of terminal acetylenes is 1. The molecule has 8 nitrogen and oxygen atoms in total. The van der Waals surface area contributed by atoms with Crippen molar-refractivity contribution < 1.29 is 21.0 Å². The summed E-state index contributed by atoms with van der Waals surface area (Å²) < 4.78 is 59.8. The van der Waals surface area contributed by atoms with Crippen LogP contribution in [0.1, 0.15) is 38.7 Å². The van der Waals surface area contributed by atoms with Gasteiger partial charge in [0.25, 0.3) is 0 Å². The molecule has 0 radical (unpaired) electrons. The summed E-state index contributed by atoms with van der Waals surface area (Å²) in [6.45, 7) is 3.40. The zero-order valence-corrected chi connectivity index (χ0v) is 25.3. The molecule has 4 fully saturated rings. The molecule has 2 aromatic carbocycles. The highest BCUT2D eigenvalue weighted by molar-refractivity contribution is 6.05. The van der Waals surface area contributed by atoms with E-state index < -0.39 is 30.5 Å². The summed E-state index contributed by atoms with van der Waals surface area (Å²) in [5.41, 5.74) is 9.96. The Morgan fingerprint density at radius 3 is 2.96 bits per heavy atom. The first-order valence-corrected chi connectivity index (χ1v) is 15.6. The van der Waals surface area contributed by atoms with Gasteiger partial charge >= 0.3 is 6.01 Å². The van der Waals surface area contributed by atoms with Crippen LogP contribution in [0.25, 0.3) is 32.9 Å². The maximum atomic E-state index is 15.1. The molecule has 0 unspecified atom stereocenters. The molecule has 4 aromatic rings. The summed E-state index contributed by atoms with van der Waals surface area (Å²) in [5, 5.41) is 2.29. The number of nitrogen functional groups attached to an aromatic ring is 1. The van der Waals surface area contributed by atoms with Crippen LogP contribution in [0.5, 0.6) is 6.01 Å². The third-order valence-electron chi connectivity index (χ3n) is 10.1. The van der Waals surface area contributed by atoms with E-state index in [0.29, 0.717) is 66.4 Å². The quantitative estimate of drug-likeness (QED) is 0.245. The van der Waals surface area contributed by atoms with Crippen LogP contribution in [0.2, 0.25) is 0 Å². The summed E-state index contributed by atoms with van der Waals surface area (Å²) in [6, 6.07) is 7.03. The number of rotatable bonds is 5. The number of alkyl halides is 2. The number of fused-ring (bicyclic) bond motifs is 4. The van der Waals surface area contributed by atoms with E-state index in [1.165, 1.54) is 0 Å². The minimum Gasteiger partial charge on any atom is -0.461 e. The average Bonchev–Trinajstić information content (AvgIpc) is 3.39. The maximum Gasteiger partial charge on any atom is 0.319 e. The number of aryl methyl sites for hydroxylation is 2. The molecule has 5 heterocycles. The van der Waals surface area contributed by atoms with Gasteiger partial charge < -0.3 is 20.1 Å². The average molecular weight is 613 g/mol. The zero-order chi connectivity index (χ0) is 32.8. The molecular weight excluding hydrogens is 574 g/mol. The topological polar surface area (TPSA) is 89.6 Å². The molecule has 232 valence electrons. The Bertz CT molecular complexity index is 1990. The standard InChI is InChI=1S/C35H36F2N6O2/c1-4-24-19(2)6-7-21-12-23(38)13-25(28(21)24)30-20(3)31-26(15-39-30)33(43-10-11-44-17-27-29(37)32(27)43)41-34(40-31)45-18-35-8-5-9-42(35)16-22(36)14-35/h1,6-7,12-13,15,22,27,29,32H,5,8-11,14,16-18,38H2,2-3H3/t22-,27+,29+,32+,35+/m1/s1/i18D2. The van der Waals surface area contributed by atoms with Crippen LogP contribution < -0.4 is 15.4 Å². The van der Waals surface area contributed by atoms with Crippen LogP contribution in [0.15, 0.2) is 30.5 Å².